The van der Waals surface area contributed by atoms with Crippen LogP contribution in [0.15, 0.2) is 40.6 Å². The van der Waals surface area contributed by atoms with Gasteiger partial charge >= 0.3 is 10.1 Å². The minimum Gasteiger partial charge on any atom is -0.378 e. The van der Waals surface area contributed by atoms with Crippen LogP contribution in [0.2, 0.25) is 4.34 Å². The van der Waals surface area contributed by atoms with Crippen LogP contribution >= 0.6 is 22.9 Å². The van der Waals surface area contributed by atoms with Crippen molar-refractivity contribution in [3.8, 4) is 5.75 Å². The molecule has 0 fully saturated rings. The number of benzene rings is 1. The topological polar surface area (TPSA) is 60.4 Å². The van der Waals surface area contributed by atoms with Gasteiger partial charge in [0.25, 0.3) is 0 Å². The Kier molecular flexibility index (Phi) is 5.03. The molecule has 0 saturated carbocycles. The van der Waals surface area contributed by atoms with Gasteiger partial charge < -0.3 is 8.98 Å². The van der Waals surface area contributed by atoms with Crippen LogP contribution in [0.3, 0.4) is 0 Å². The number of ketones is 1. The number of thiophene rings is 1. The van der Waals surface area contributed by atoms with Crippen molar-refractivity contribution in [2.24, 2.45) is 0 Å². The van der Waals surface area contributed by atoms with E-state index >= 15 is 0 Å². The minimum atomic E-state index is -3.85. The molecular formula is C14H13ClO4S2. The maximum Gasteiger partial charge on any atom is 0.348 e. The zero-order valence-electron chi connectivity index (χ0n) is 11.2. The van der Waals surface area contributed by atoms with Crippen LogP contribution in [0, 0.1) is 0 Å². The van der Waals surface area contributed by atoms with Crippen molar-refractivity contribution in [1.82, 2.24) is 0 Å². The predicted octanol–water partition coefficient (Wildman–Crippen LogP) is 3.69. The van der Waals surface area contributed by atoms with E-state index in [4.69, 9.17) is 15.8 Å². The second-order valence-electron chi connectivity index (χ2n) is 4.44. The number of Topliss-reactive ketones (excluding diaryl/α,β-unsaturated/α-hetero) is 1. The Morgan fingerprint density at radius 2 is 1.86 bits per heavy atom. The van der Waals surface area contributed by atoms with Crippen LogP contribution in [0.1, 0.15) is 18.9 Å². The van der Waals surface area contributed by atoms with Crippen LogP contribution in [0.4, 0.5) is 0 Å². The van der Waals surface area contributed by atoms with Gasteiger partial charge in [-0.15, -0.1) is 11.3 Å². The molecule has 0 amide bonds. The lowest BCUT2D eigenvalue weighted by atomic mass is 10.1. The Hall–Kier alpha value is -1.37. The highest BCUT2D eigenvalue weighted by Gasteiger charge is 2.19. The summed E-state index contributed by atoms with van der Waals surface area (Å²) in [7, 11) is -3.85. The van der Waals surface area contributed by atoms with E-state index in [1.54, 1.807) is 24.3 Å². The summed E-state index contributed by atoms with van der Waals surface area (Å²) in [4.78, 5) is 10.9. The maximum atomic E-state index is 12.0. The predicted molar refractivity (Wildman–Crippen MR) is 82.6 cm³/mol. The first-order chi connectivity index (χ1) is 9.87. The van der Waals surface area contributed by atoms with Crippen molar-refractivity contribution in [1.29, 1.82) is 0 Å². The summed E-state index contributed by atoms with van der Waals surface area (Å²) in [5.74, 6) is 0.346. The average Bonchev–Trinajstić information content (AvgIpc) is 2.85. The van der Waals surface area contributed by atoms with Gasteiger partial charge in [-0.3, -0.25) is 0 Å². The molecule has 0 aliphatic carbocycles. The van der Waals surface area contributed by atoms with E-state index in [-0.39, 0.29) is 15.7 Å². The number of carbonyl (C=O) groups is 1. The normalized spacial score (nSPS) is 11.3. The first kappa shape index (κ1) is 16.0. The standard InChI is InChI=1S/C14H13ClO4S2/c1-10(16)2-3-11-4-6-12(7-5-11)19-21(17,18)14-9-8-13(15)20-14/h4-9H,2-3H2,1H3. The van der Waals surface area contributed by atoms with Gasteiger partial charge in [-0.05, 0) is 43.2 Å². The molecule has 2 rings (SSSR count). The third-order valence-electron chi connectivity index (χ3n) is 2.69. The highest BCUT2D eigenvalue weighted by molar-refractivity contribution is 7.89. The van der Waals surface area contributed by atoms with E-state index in [1.165, 1.54) is 19.1 Å². The summed E-state index contributed by atoms with van der Waals surface area (Å²) in [6, 6.07) is 9.55. The fourth-order valence-electron chi connectivity index (χ4n) is 1.63. The molecule has 0 spiro atoms. The maximum absolute atomic E-state index is 12.0. The summed E-state index contributed by atoms with van der Waals surface area (Å²) in [5.41, 5.74) is 0.953. The van der Waals surface area contributed by atoms with Crippen molar-refractivity contribution in [2.45, 2.75) is 24.0 Å². The molecule has 1 aromatic heterocycles. The number of carbonyl (C=O) groups excluding carboxylic acids is 1. The van der Waals surface area contributed by atoms with Crippen molar-refractivity contribution in [3.63, 3.8) is 0 Å². The van der Waals surface area contributed by atoms with E-state index in [9.17, 15) is 13.2 Å². The summed E-state index contributed by atoms with van der Waals surface area (Å²) >= 11 is 6.66. The summed E-state index contributed by atoms with van der Waals surface area (Å²) in [6.45, 7) is 1.54. The van der Waals surface area contributed by atoms with Gasteiger partial charge in [-0.2, -0.15) is 8.42 Å². The number of halogens is 1. The molecular weight excluding hydrogens is 332 g/mol. The largest absolute Gasteiger partial charge is 0.378 e. The van der Waals surface area contributed by atoms with Crippen LogP contribution in [-0.4, -0.2) is 14.2 Å². The quantitative estimate of drug-likeness (QED) is 0.750. The van der Waals surface area contributed by atoms with Crippen LogP contribution in [0.5, 0.6) is 5.75 Å². The van der Waals surface area contributed by atoms with Gasteiger partial charge in [0.2, 0.25) is 0 Å². The van der Waals surface area contributed by atoms with Gasteiger partial charge in [-0.1, -0.05) is 23.7 Å². The molecule has 0 aliphatic heterocycles. The molecule has 2 aromatic rings. The highest BCUT2D eigenvalue weighted by atomic mass is 35.5. The molecule has 1 heterocycles. The molecule has 0 aliphatic rings. The Labute approximate surface area is 132 Å². The Morgan fingerprint density at radius 1 is 1.19 bits per heavy atom. The molecule has 0 N–H and O–H groups in total. The third-order valence-corrected chi connectivity index (χ3v) is 5.62. The summed E-state index contributed by atoms with van der Waals surface area (Å²) in [5, 5.41) is 0. The Morgan fingerprint density at radius 3 is 2.38 bits per heavy atom. The zero-order valence-corrected chi connectivity index (χ0v) is 13.6. The fourth-order valence-corrected chi connectivity index (χ4v) is 4.01. The molecule has 112 valence electrons. The smallest absolute Gasteiger partial charge is 0.348 e. The molecule has 4 nitrogen and oxygen atoms in total. The van der Waals surface area contributed by atoms with Crippen molar-refractivity contribution >= 4 is 38.8 Å². The highest BCUT2D eigenvalue weighted by Crippen LogP contribution is 2.28. The molecule has 21 heavy (non-hydrogen) atoms. The molecule has 0 atom stereocenters. The number of hydrogen-bond donors (Lipinski definition) is 0. The first-order valence-corrected chi connectivity index (χ1v) is 8.75. The van der Waals surface area contributed by atoms with Crippen LogP contribution < -0.4 is 4.18 Å². The second kappa shape index (κ2) is 6.60. The van der Waals surface area contributed by atoms with Gasteiger partial charge in [0.15, 0.2) is 4.21 Å². The van der Waals surface area contributed by atoms with Crippen molar-refractivity contribution < 1.29 is 17.4 Å². The Bertz CT molecular complexity index is 733. The SMILES string of the molecule is CC(=O)CCc1ccc(OS(=O)(=O)c2ccc(Cl)s2)cc1. The van der Waals surface area contributed by atoms with Gasteiger partial charge in [0, 0.05) is 6.42 Å². The Balaban J connectivity index is 2.08. The molecule has 0 unspecified atom stereocenters. The molecule has 0 radical (unpaired) electrons. The molecule has 1 aromatic carbocycles. The third kappa shape index (κ3) is 4.56. The van der Waals surface area contributed by atoms with Crippen LogP contribution in [-0.2, 0) is 21.3 Å². The van der Waals surface area contributed by atoms with Gasteiger partial charge in [0.1, 0.15) is 11.5 Å². The zero-order chi connectivity index (χ0) is 15.5. The minimum absolute atomic E-state index is 0.0631. The fraction of sp³-hybridized carbons (Fsp3) is 0.214. The first-order valence-electron chi connectivity index (χ1n) is 6.15. The van der Waals surface area contributed by atoms with E-state index < -0.39 is 10.1 Å². The van der Waals surface area contributed by atoms with E-state index in [2.05, 4.69) is 0 Å². The molecule has 7 heteroatoms. The summed E-state index contributed by atoms with van der Waals surface area (Å²) in [6.07, 6.45) is 1.09. The number of aryl methyl sites for hydroxylation is 1. The van der Waals surface area contributed by atoms with Crippen molar-refractivity contribution in [3.05, 3.63) is 46.3 Å². The van der Waals surface area contributed by atoms with E-state index in [1.807, 2.05) is 0 Å². The summed E-state index contributed by atoms with van der Waals surface area (Å²) < 4.78 is 29.5. The number of hydrogen-bond acceptors (Lipinski definition) is 5. The average molecular weight is 345 g/mol. The lowest BCUT2D eigenvalue weighted by Crippen LogP contribution is -2.07. The van der Waals surface area contributed by atoms with Gasteiger partial charge in [-0.25, -0.2) is 0 Å². The monoisotopic (exact) mass is 344 g/mol. The molecule has 0 saturated heterocycles. The van der Waals surface area contributed by atoms with Crippen molar-refractivity contribution in [2.75, 3.05) is 0 Å². The lowest BCUT2D eigenvalue weighted by Gasteiger charge is -2.06. The van der Waals surface area contributed by atoms with Crippen LogP contribution in [0.25, 0.3) is 0 Å². The van der Waals surface area contributed by atoms with E-state index in [0.717, 1.165) is 16.9 Å². The number of rotatable bonds is 6. The van der Waals surface area contributed by atoms with E-state index in [0.29, 0.717) is 17.2 Å². The lowest BCUT2D eigenvalue weighted by molar-refractivity contribution is -0.116. The molecule has 0 bridgehead atoms. The second-order valence-corrected chi connectivity index (χ2v) is 7.93. The van der Waals surface area contributed by atoms with Gasteiger partial charge in [0.05, 0.1) is 4.34 Å².